The number of hydrogen-bond acceptors (Lipinski definition) is 5. The predicted octanol–water partition coefficient (Wildman–Crippen LogP) is 1.19. The van der Waals surface area contributed by atoms with Gasteiger partial charge < -0.3 is 15.2 Å². The van der Waals surface area contributed by atoms with Crippen LogP contribution in [0, 0.1) is 5.82 Å². The van der Waals surface area contributed by atoms with E-state index in [1.165, 1.54) is 18.5 Å². The summed E-state index contributed by atoms with van der Waals surface area (Å²) in [5, 5.41) is 12.2. The summed E-state index contributed by atoms with van der Waals surface area (Å²) in [6.07, 6.45) is 1.43. The molecular weight excluding hydrogens is 237 g/mol. The zero-order chi connectivity index (χ0) is 12.8. The number of aliphatic hydroxyl groups is 1. The lowest BCUT2D eigenvalue weighted by molar-refractivity contribution is 0.0992. The van der Waals surface area contributed by atoms with E-state index in [4.69, 9.17) is 9.84 Å². The number of rotatable bonds is 6. The molecule has 5 nitrogen and oxygen atoms in total. The first-order valence-corrected chi connectivity index (χ1v) is 5.64. The van der Waals surface area contributed by atoms with Gasteiger partial charge in [-0.1, -0.05) is 0 Å². The summed E-state index contributed by atoms with van der Waals surface area (Å²) in [6.45, 7) is 1.28. The third-order valence-corrected chi connectivity index (χ3v) is 2.37. The zero-order valence-corrected chi connectivity index (χ0v) is 9.77. The molecule has 0 bridgehead atoms. The highest BCUT2D eigenvalue weighted by Gasteiger charge is 2.04. The van der Waals surface area contributed by atoms with E-state index in [1.54, 1.807) is 6.07 Å². The van der Waals surface area contributed by atoms with Crippen LogP contribution < -0.4 is 5.32 Å². The number of aromatic nitrogens is 2. The number of benzene rings is 1. The molecule has 0 radical (unpaired) electrons. The van der Waals surface area contributed by atoms with Gasteiger partial charge in [-0.05, 0) is 18.2 Å². The van der Waals surface area contributed by atoms with Crippen LogP contribution in [0.3, 0.4) is 0 Å². The number of nitrogens with zero attached hydrogens (tertiary/aromatic N) is 2. The van der Waals surface area contributed by atoms with Crippen molar-refractivity contribution in [3.05, 3.63) is 30.3 Å². The van der Waals surface area contributed by atoms with E-state index < -0.39 is 0 Å². The smallest absolute Gasteiger partial charge is 0.137 e. The topological polar surface area (TPSA) is 67.3 Å². The Balaban J connectivity index is 2.05. The summed E-state index contributed by atoms with van der Waals surface area (Å²) in [5.41, 5.74) is 0.685. The number of fused-ring (bicyclic) bond motifs is 1. The lowest BCUT2D eigenvalue weighted by Gasteiger charge is -2.08. The van der Waals surface area contributed by atoms with Crippen molar-refractivity contribution < 1.29 is 14.2 Å². The SMILES string of the molecule is OCCOCCNc1ncnc2ccc(F)cc12. The molecule has 0 saturated carbocycles. The molecule has 96 valence electrons. The zero-order valence-electron chi connectivity index (χ0n) is 9.77. The van der Waals surface area contributed by atoms with Crippen molar-refractivity contribution in [1.29, 1.82) is 0 Å². The van der Waals surface area contributed by atoms with Crippen molar-refractivity contribution in [1.82, 2.24) is 9.97 Å². The fourth-order valence-corrected chi connectivity index (χ4v) is 1.58. The van der Waals surface area contributed by atoms with Gasteiger partial charge in [0.15, 0.2) is 0 Å². The fraction of sp³-hybridized carbons (Fsp3) is 0.333. The Kier molecular flexibility index (Phi) is 4.38. The van der Waals surface area contributed by atoms with Crippen LogP contribution in [0.4, 0.5) is 10.2 Å². The maximum Gasteiger partial charge on any atom is 0.137 e. The summed E-state index contributed by atoms with van der Waals surface area (Å²) in [6, 6.07) is 4.37. The van der Waals surface area contributed by atoms with Gasteiger partial charge in [0.1, 0.15) is 18.0 Å². The highest BCUT2D eigenvalue weighted by atomic mass is 19.1. The van der Waals surface area contributed by atoms with E-state index in [0.717, 1.165) is 0 Å². The number of halogens is 1. The van der Waals surface area contributed by atoms with E-state index in [-0.39, 0.29) is 12.4 Å². The number of aliphatic hydroxyl groups excluding tert-OH is 1. The van der Waals surface area contributed by atoms with Crippen LogP contribution >= 0.6 is 0 Å². The van der Waals surface area contributed by atoms with Gasteiger partial charge in [-0.15, -0.1) is 0 Å². The van der Waals surface area contributed by atoms with E-state index in [1.807, 2.05) is 0 Å². The van der Waals surface area contributed by atoms with Crippen molar-refractivity contribution in [2.45, 2.75) is 0 Å². The second kappa shape index (κ2) is 6.23. The van der Waals surface area contributed by atoms with Gasteiger partial charge in [0, 0.05) is 11.9 Å². The molecule has 0 atom stereocenters. The standard InChI is InChI=1S/C12H14FN3O2/c13-9-1-2-11-10(7-9)12(16-8-15-11)14-3-5-18-6-4-17/h1-2,7-8,17H,3-6H2,(H,14,15,16). The van der Waals surface area contributed by atoms with Crippen molar-refractivity contribution in [3.8, 4) is 0 Å². The van der Waals surface area contributed by atoms with Gasteiger partial charge in [-0.2, -0.15) is 0 Å². The van der Waals surface area contributed by atoms with E-state index in [2.05, 4.69) is 15.3 Å². The Morgan fingerprint density at radius 3 is 3.00 bits per heavy atom. The Morgan fingerprint density at radius 2 is 2.17 bits per heavy atom. The molecule has 1 aromatic heterocycles. The van der Waals surface area contributed by atoms with Crippen LogP contribution in [-0.4, -0.2) is 41.4 Å². The Bertz CT molecular complexity index is 522. The van der Waals surface area contributed by atoms with Crippen LogP contribution in [0.15, 0.2) is 24.5 Å². The Hall–Kier alpha value is -1.79. The quantitative estimate of drug-likeness (QED) is 0.755. The third kappa shape index (κ3) is 3.12. The van der Waals surface area contributed by atoms with Gasteiger partial charge in [0.25, 0.3) is 0 Å². The normalized spacial score (nSPS) is 10.8. The first kappa shape index (κ1) is 12.7. The minimum absolute atomic E-state index is 0.00164. The molecule has 0 saturated heterocycles. The van der Waals surface area contributed by atoms with Crippen molar-refractivity contribution in [2.24, 2.45) is 0 Å². The van der Waals surface area contributed by atoms with Gasteiger partial charge in [-0.3, -0.25) is 0 Å². The van der Waals surface area contributed by atoms with Gasteiger partial charge >= 0.3 is 0 Å². The minimum Gasteiger partial charge on any atom is -0.394 e. The van der Waals surface area contributed by atoms with Crippen LogP contribution in [-0.2, 0) is 4.74 Å². The molecule has 0 spiro atoms. The summed E-state index contributed by atoms with van der Waals surface area (Å²) in [5.74, 6) is 0.254. The molecule has 6 heteroatoms. The van der Waals surface area contributed by atoms with Crippen LogP contribution in [0.5, 0.6) is 0 Å². The summed E-state index contributed by atoms with van der Waals surface area (Å²) < 4.78 is 18.3. The molecule has 1 heterocycles. The van der Waals surface area contributed by atoms with Crippen molar-refractivity contribution >= 4 is 16.7 Å². The van der Waals surface area contributed by atoms with Gasteiger partial charge in [0.2, 0.25) is 0 Å². The first-order chi connectivity index (χ1) is 8.81. The molecule has 1 aromatic carbocycles. The molecule has 2 N–H and O–H groups in total. The Morgan fingerprint density at radius 1 is 1.28 bits per heavy atom. The fourth-order valence-electron chi connectivity index (χ4n) is 1.58. The summed E-state index contributed by atoms with van der Waals surface area (Å²) in [4.78, 5) is 8.13. The molecule has 0 aliphatic heterocycles. The summed E-state index contributed by atoms with van der Waals surface area (Å²) in [7, 11) is 0. The second-order valence-electron chi connectivity index (χ2n) is 3.65. The average Bonchev–Trinajstić information content (AvgIpc) is 2.39. The van der Waals surface area contributed by atoms with Crippen molar-refractivity contribution in [2.75, 3.05) is 31.7 Å². The molecule has 2 rings (SSSR count). The lowest BCUT2D eigenvalue weighted by Crippen LogP contribution is -2.12. The Labute approximate surface area is 104 Å². The van der Waals surface area contributed by atoms with Crippen LogP contribution in [0.2, 0.25) is 0 Å². The number of anilines is 1. The van der Waals surface area contributed by atoms with Crippen molar-refractivity contribution in [3.63, 3.8) is 0 Å². The number of ether oxygens (including phenoxy) is 1. The molecule has 0 aliphatic rings. The maximum absolute atomic E-state index is 13.2. The van der Waals surface area contributed by atoms with Gasteiger partial charge in [-0.25, -0.2) is 14.4 Å². The average molecular weight is 251 g/mol. The monoisotopic (exact) mass is 251 g/mol. The molecule has 0 fully saturated rings. The van der Waals surface area contributed by atoms with E-state index in [0.29, 0.717) is 36.5 Å². The van der Waals surface area contributed by atoms with Crippen LogP contribution in [0.25, 0.3) is 10.9 Å². The molecular formula is C12H14FN3O2. The minimum atomic E-state index is -0.322. The molecule has 0 aliphatic carbocycles. The number of hydrogen-bond donors (Lipinski definition) is 2. The highest BCUT2D eigenvalue weighted by molar-refractivity contribution is 5.88. The molecule has 0 amide bonds. The predicted molar refractivity (Wildman–Crippen MR) is 65.9 cm³/mol. The molecule has 0 unspecified atom stereocenters. The van der Waals surface area contributed by atoms with Gasteiger partial charge in [0.05, 0.1) is 25.3 Å². The third-order valence-electron chi connectivity index (χ3n) is 2.37. The second-order valence-corrected chi connectivity index (χ2v) is 3.65. The summed E-state index contributed by atoms with van der Waals surface area (Å²) >= 11 is 0. The molecule has 18 heavy (non-hydrogen) atoms. The first-order valence-electron chi connectivity index (χ1n) is 5.64. The van der Waals surface area contributed by atoms with Crippen LogP contribution in [0.1, 0.15) is 0 Å². The maximum atomic E-state index is 13.2. The largest absolute Gasteiger partial charge is 0.394 e. The molecule has 2 aromatic rings. The number of nitrogens with one attached hydrogen (secondary N) is 1. The highest BCUT2D eigenvalue weighted by Crippen LogP contribution is 2.19. The van der Waals surface area contributed by atoms with E-state index >= 15 is 0 Å². The van der Waals surface area contributed by atoms with E-state index in [9.17, 15) is 4.39 Å². The lowest BCUT2D eigenvalue weighted by atomic mass is 10.2.